The van der Waals surface area contributed by atoms with Crippen molar-refractivity contribution in [3.63, 3.8) is 0 Å². The molecule has 0 aliphatic carbocycles. The van der Waals surface area contributed by atoms with E-state index in [1.807, 2.05) is 23.1 Å². The first kappa shape index (κ1) is 24.3. The molecule has 2 aromatic carbocycles. The van der Waals surface area contributed by atoms with E-state index in [1.165, 1.54) is 0 Å². The van der Waals surface area contributed by atoms with Gasteiger partial charge < -0.3 is 9.62 Å². The number of carbonyl (C=O) groups excluding carboxylic acids is 1. The third kappa shape index (κ3) is 6.13. The Morgan fingerprint density at radius 3 is 2.65 bits per heavy atom. The van der Waals surface area contributed by atoms with Crippen molar-refractivity contribution in [2.45, 2.75) is 26.4 Å². The first-order valence-corrected chi connectivity index (χ1v) is 14.1. The number of hydrogen-bond donors (Lipinski definition) is 1. The molecule has 1 saturated heterocycles. The molecular formula is C23H30ClFN3OPS. The third-order valence-electron chi connectivity index (χ3n) is 5.41. The van der Waals surface area contributed by atoms with Crippen LogP contribution in [0.5, 0.6) is 0 Å². The third-order valence-corrected chi connectivity index (χ3v) is 7.71. The summed E-state index contributed by atoms with van der Waals surface area (Å²) in [5.74, 6) is 0.789. The number of rotatable bonds is 7. The number of nitrogens with one attached hydrogen (secondary N) is 1. The van der Waals surface area contributed by atoms with Crippen LogP contribution in [0.2, 0.25) is 5.02 Å². The lowest BCUT2D eigenvalue weighted by Crippen LogP contribution is -2.53. The van der Waals surface area contributed by atoms with Crippen molar-refractivity contribution in [2.24, 2.45) is 0 Å². The standard InChI is InChI=1S/C23H30ClFN3OPS/c1-5-31-26-18-7-8-19(20(24)13-18)23(29)28-11-10-27(14-16(28)2)15-17-6-9-22(30(3)4)21(25)12-17/h6-9,12-13,16,26H,5,10-11,14-15H2,1-4H3/t16-/m0/s1. The molecule has 1 atom stereocenters. The molecule has 0 radical (unpaired) electrons. The molecule has 1 heterocycles. The first-order valence-electron chi connectivity index (χ1n) is 10.5. The van der Waals surface area contributed by atoms with Crippen LogP contribution >= 0.6 is 31.5 Å². The van der Waals surface area contributed by atoms with Crippen molar-refractivity contribution in [1.29, 1.82) is 0 Å². The van der Waals surface area contributed by atoms with Gasteiger partial charge in [-0.05, 0) is 50.1 Å². The number of hydrogen-bond acceptors (Lipinski definition) is 4. The molecule has 2 aromatic rings. The van der Waals surface area contributed by atoms with Gasteiger partial charge in [0.05, 0.1) is 10.6 Å². The van der Waals surface area contributed by atoms with Crippen molar-refractivity contribution in [3.8, 4) is 0 Å². The molecule has 168 valence electrons. The molecule has 0 aromatic heterocycles. The zero-order valence-electron chi connectivity index (χ0n) is 18.5. The van der Waals surface area contributed by atoms with E-state index >= 15 is 0 Å². The van der Waals surface area contributed by atoms with E-state index in [4.69, 9.17) is 11.6 Å². The molecule has 8 heteroatoms. The zero-order valence-corrected chi connectivity index (χ0v) is 21.0. The number of piperazine rings is 1. The van der Waals surface area contributed by atoms with Gasteiger partial charge in [-0.25, -0.2) is 4.39 Å². The molecular weight excluding hydrogens is 452 g/mol. The molecule has 0 spiro atoms. The second kappa shape index (κ2) is 11.0. The monoisotopic (exact) mass is 481 g/mol. The molecule has 1 fully saturated rings. The maximum Gasteiger partial charge on any atom is 0.255 e. The van der Waals surface area contributed by atoms with Gasteiger partial charge in [-0.2, -0.15) is 0 Å². The molecule has 1 aliphatic heterocycles. The van der Waals surface area contributed by atoms with Gasteiger partial charge >= 0.3 is 0 Å². The summed E-state index contributed by atoms with van der Waals surface area (Å²) in [5.41, 5.74) is 2.40. The van der Waals surface area contributed by atoms with E-state index < -0.39 is 7.92 Å². The van der Waals surface area contributed by atoms with Gasteiger partial charge in [0.15, 0.2) is 0 Å². The Morgan fingerprint density at radius 1 is 1.26 bits per heavy atom. The van der Waals surface area contributed by atoms with Crippen molar-refractivity contribution in [2.75, 3.05) is 43.4 Å². The maximum absolute atomic E-state index is 14.3. The van der Waals surface area contributed by atoms with Crippen LogP contribution in [0, 0.1) is 5.82 Å². The summed E-state index contributed by atoms with van der Waals surface area (Å²) in [6.45, 7) is 11.0. The zero-order chi connectivity index (χ0) is 22.5. The Kier molecular flexibility index (Phi) is 8.63. The number of benzene rings is 2. The topological polar surface area (TPSA) is 35.6 Å². The summed E-state index contributed by atoms with van der Waals surface area (Å²) >= 11 is 8.00. The van der Waals surface area contributed by atoms with Crippen molar-refractivity contribution in [1.82, 2.24) is 9.80 Å². The summed E-state index contributed by atoms with van der Waals surface area (Å²) in [6, 6.07) is 11.1. The van der Waals surface area contributed by atoms with E-state index in [0.717, 1.165) is 35.4 Å². The summed E-state index contributed by atoms with van der Waals surface area (Å²) < 4.78 is 17.6. The molecule has 0 unspecified atom stereocenters. The van der Waals surface area contributed by atoms with E-state index in [0.29, 0.717) is 23.7 Å². The van der Waals surface area contributed by atoms with Gasteiger partial charge in [0.1, 0.15) is 5.82 Å². The number of amides is 1. The summed E-state index contributed by atoms with van der Waals surface area (Å²) in [4.78, 5) is 17.3. The van der Waals surface area contributed by atoms with Crippen molar-refractivity contribution >= 4 is 48.4 Å². The highest BCUT2D eigenvalue weighted by Gasteiger charge is 2.29. The Labute approximate surface area is 195 Å². The highest BCUT2D eigenvalue weighted by atomic mass is 35.5. The minimum atomic E-state index is -0.448. The Morgan fingerprint density at radius 2 is 2.03 bits per heavy atom. The van der Waals surface area contributed by atoms with Crippen LogP contribution in [0.4, 0.5) is 10.1 Å². The predicted octanol–water partition coefficient (Wildman–Crippen LogP) is 5.27. The van der Waals surface area contributed by atoms with Crippen molar-refractivity contribution in [3.05, 3.63) is 58.4 Å². The smallest absolute Gasteiger partial charge is 0.255 e. The summed E-state index contributed by atoms with van der Waals surface area (Å²) in [7, 11) is -0.448. The van der Waals surface area contributed by atoms with Gasteiger partial charge in [0.25, 0.3) is 5.91 Å². The van der Waals surface area contributed by atoms with Gasteiger partial charge in [-0.3, -0.25) is 9.69 Å². The van der Waals surface area contributed by atoms with E-state index in [1.54, 1.807) is 30.1 Å². The summed E-state index contributed by atoms with van der Waals surface area (Å²) in [6.07, 6.45) is 0. The van der Waals surface area contributed by atoms with E-state index in [9.17, 15) is 9.18 Å². The summed E-state index contributed by atoms with van der Waals surface area (Å²) in [5, 5.41) is 1.28. The van der Waals surface area contributed by atoms with Crippen LogP contribution in [0.3, 0.4) is 0 Å². The predicted molar refractivity (Wildman–Crippen MR) is 134 cm³/mol. The quantitative estimate of drug-likeness (QED) is 0.431. The largest absolute Gasteiger partial charge is 0.333 e. The highest BCUT2D eigenvalue weighted by Crippen LogP contribution is 2.27. The minimum absolute atomic E-state index is 0.0403. The van der Waals surface area contributed by atoms with Crippen LogP contribution in [0.1, 0.15) is 29.8 Å². The second-order valence-corrected chi connectivity index (χ2v) is 11.7. The van der Waals surface area contributed by atoms with Crippen LogP contribution in [-0.4, -0.2) is 60.5 Å². The van der Waals surface area contributed by atoms with Crippen LogP contribution in [-0.2, 0) is 6.54 Å². The van der Waals surface area contributed by atoms with Crippen LogP contribution in [0.25, 0.3) is 0 Å². The Bertz CT molecular complexity index is 930. The number of halogens is 2. The molecule has 31 heavy (non-hydrogen) atoms. The Balaban J connectivity index is 1.62. The molecule has 0 saturated carbocycles. The normalized spacial score (nSPS) is 17.3. The minimum Gasteiger partial charge on any atom is -0.333 e. The first-order chi connectivity index (χ1) is 14.8. The highest BCUT2D eigenvalue weighted by molar-refractivity contribution is 8.00. The average molecular weight is 482 g/mol. The lowest BCUT2D eigenvalue weighted by atomic mass is 10.1. The lowest BCUT2D eigenvalue weighted by Gasteiger charge is -2.40. The van der Waals surface area contributed by atoms with E-state index in [2.05, 4.69) is 36.8 Å². The molecule has 3 rings (SSSR count). The lowest BCUT2D eigenvalue weighted by molar-refractivity contribution is 0.0475. The fourth-order valence-corrected chi connectivity index (χ4v) is 5.37. The van der Waals surface area contributed by atoms with Crippen LogP contribution in [0.15, 0.2) is 36.4 Å². The van der Waals surface area contributed by atoms with Crippen LogP contribution < -0.4 is 10.0 Å². The fraction of sp³-hybridized carbons (Fsp3) is 0.435. The van der Waals surface area contributed by atoms with Gasteiger partial charge in [0.2, 0.25) is 0 Å². The average Bonchev–Trinajstić information content (AvgIpc) is 2.72. The van der Waals surface area contributed by atoms with Gasteiger partial charge in [-0.15, -0.1) is 0 Å². The number of nitrogens with zero attached hydrogens (tertiary/aromatic N) is 2. The molecule has 1 aliphatic rings. The van der Waals surface area contributed by atoms with Gasteiger partial charge in [0, 0.05) is 49.0 Å². The van der Waals surface area contributed by atoms with E-state index in [-0.39, 0.29) is 17.8 Å². The van der Waals surface area contributed by atoms with Gasteiger partial charge in [-0.1, -0.05) is 50.5 Å². The molecule has 1 N–H and O–H groups in total. The Hall–Kier alpha value is -1.33. The molecule has 1 amide bonds. The molecule has 0 bridgehead atoms. The van der Waals surface area contributed by atoms with Crippen molar-refractivity contribution < 1.29 is 9.18 Å². The number of anilines is 1. The maximum atomic E-state index is 14.3. The SMILES string of the molecule is CCSNc1ccc(C(=O)N2CCN(Cc3ccc(P(C)C)c(F)c3)C[C@@H]2C)c(Cl)c1. The molecule has 4 nitrogen and oxygen atoms in total. The fourth-order valence-electron chi connectivity index (χ4n) is 3.81. The second-order valence-electron chi connectivity index (χ2n) is 7.99. The number of carbonyl (C=O) groups is 1.